The van der Waals surface area contributed by atoms with Gasteiger partial charge in [0.2, 0.25) is 5.96 Å². The summed E-state index contributed by atoms with van der Waals surface area (Å²) in [5, 5.41) is 11.5. The second-order valence-electron chi connectivity index (χ2n) is 3.74. The van der Waals surface area contributed by atoms with E-state index in [1.807, 2.05) is 4.90 Å². The van der Waals surface area contributed by atoms with Gasteiger partial charge in [0, 0.05) is 12.6 Å². The van der Waals surface area contributed by atoms with Crippen molar-refractivity contribution >= 4 is 5.96 Å². The monoisotopic (exact) mass is 171 g/mol. The van der Waals surface area contributed by atoms with Crippen molar-refractivity contribution < 1.29 is 5.21 Å². The number of guanidine groups is 1. The zero-order chi connectivity index (χ0) is 9.14. The Morgan fingerprint density at radius 3 is 2.58 bits per heavy atom. The first kappa shape index (κ1) is 9.16. The van der Waals surface area contributed by atoms with Gasteiger partial charge in [0.25, 0.3) is 0 Å². The van der Waals surface area contributed by atoms with Crippen LogP contribution >= 0.6 is 0 Å². The van der Waals surface area contributed by atoms with Gasteiger partial charge in [-0.1, -0.05) is 19.0 Å². The Morgan fingerprint density at radius 2 is 2.25 bits per heavy atom. The first-order valence-electron chi connectivity index (χ1n) is 4.39. The molecular weight excluding hydrogens is 154 g/mol. The molecule has 0 heterocycles. The molecule has 0 aliphatic heterocycles. The summed E-state index contributed by atoms with van der Waals surface area (Å²) in [6, 6.07) is 0.517. The van der Waals surface area contributed by atoms with E-state index in [1.165, 1.54) is 12.8 Å². The van der Waals surface area contributed by atoms with Crippen molar-refractivity contribution in [2.75, 3.05) is 6.54 Å². The molecule has 0 bridgehead atoms. The summed E-state index contributed by atoms with van der Waals surface area (Å²) < 4.78 is 0. The highest BCUT2D eigenvalue weighted by atomic mass is 16.4. The van der Waals surface area contributed by atoms with Gasteiger partial charge in [-0.15, -0.1) is 0 Å². The van der Waals surface area contributed by atoms with Gasteiger partial charge in [-0.05, 0) is 18.8 Å². The van der Waals surface area contributed by atoms with E-state index in [0.717, 1.165) is 6.54 Å². The molecule has 4 heteroatoms. The van der Waals surface area contributed by atoms with Crippen LogP contribution in [0.25, 0.3) is 0 Å². The van der Waals surface area contributed by atoms with Crippen molar-refractivity contribution in [2.45, 2.75) is 32.7 Å². The molecule has 70 valence electrons. The summed E-state index contributed by atoms with van der Waals surface area (Å²) in [7, 11) is 0. The highest BCUT2D eigenvalue weighted by Gasteiger charge is 2.30. The lowest BCUT2D eigenvalue weighted by atomic mass is 10.2. The molecule has 0 radical (unpaired) electrons. The third-order valence-corrected chi connectivity index (χ3v) is 1.95. The summed E-state index contributed by atoms with van der Waals surface area (Å²) in [4.78, 5) is 1.98. The Labute approximate surface area is 73.0 Å². The maximum absolute atomic E-state index is 8.52. The molecule has 1 fully saturated rings. The Morgan fingerprint density at radius 1 is 1.67 bits per heavy atom. The second-order valence-corrected chi connectivity index (χ2v) is 3.74. The molecule has 1 aliphatic carbocycles. The molecule has 1 rings (SSSR count). The average molecular weight is 171 g/mol. The molecule has 0 aromatic rings. The normalized spacial score (nSPS) is 18.4. The zero-order valence-corrected chi connectivity index (χ0v) is 7.70. The molecule has 0 atom stereocenters. The van der Waals surface area contributed by atoms with Crippen LogP contribution in [-0.2, 0) is 0 Å². The maximum atomic E-state index is 8.52. The lowest BCUT2D eigenvalue weighted by molar-refractivity contribution is 0.286. The second kappa shape index (κ2) is 3.65. The first-order chi connectivity index (χ1) is 5.65. The van der Waals surface area contributed by atoms with E-state index in [1.54, 1.807) is 0 Å². The average Bonchev–Trinajstić information content (AvgIpc) is 2.81. The Hall–Kier alpha value is -0.930. The molecule has 3 N–H and O–H groups in total. The predicted molar refractivity (Wildman–Crippen MR) is 48.0 cm³/mol. The van der Waals surface area contributed by atoms with Crippen molar-refractivity contribution in [2.24, 2.45) is 16.8 Å². The smallest absolute Gasteiger partial charge is 0.233 e. The van der Waals surface area contributed by atoms with Gasteiger partial charge in [-0.2, -0.15) is 0 Å². The van der Waals surface area contributed by atoms with E-state index < -0.39 is 0 Å². The quantitative estimate of drug-likeness (QED) is 0.286. The molecule has 1 aliphatic rings. The Balaban J connectivity index is 2.48. The van der Waals surface area contributed by atoms with Gasteiger partial charge < -0.3 is 15.8 Å². The van der Waals surface area contributed by atoms with Gasteiger partial charge in [-0.25, -0.2) is 0 Å². The predicted octanol–water partition coefficient (Wildman–Crippen LogP) is 0.811. The van der Waals surface area contributed by atoms with Crippen molar-refractivity contribution in [3.63, 3.8) is 0 Å². The van der Waals surface area contributed by atoms with Gasteiger partial charge in [0.1, 0.15) is 0 Å². The summed E-state index contributed by atoms with van der Waals surface area (Å²) in [6.07, 6.45) is 2.34. The topological polar surface area (TPSA) is 61.8 Å². The third kappa shape index (κ3) is 2.29. The molecule has 0 spiro atoms. The van der Waals surface area contributed by atoms with E-state index >= 15 is 0 Å². The van der Waals surface area contributed by atoms with E-state index in [9.17, 15) is 0 Å². The minimum absolute atomic E-state index is 0.256. The molecule has 12 heavy (non-hydrogen) atoms. The van der Waals surface area contributed by atoms with E-state index in [4.69, 9.17) is 10.9 Å². The molecule has 0 unspecified atom stereocenters. The number of hydrogen-bond acceptors (Lipinski definition) is 2. The van der Waals surface area contributed by atoms with Crippen LogP contribution in [0.15, 0.2) is 5.16 Å². The van der Waals surface area contributed by atoms with Crippen LogP contribution in [0.3, 0.4) is 0 Å². The van der Waals surface area contributed by atoms with Crippen LogP contribution in [-0.4, -0.2) is 28.7 Å². The van der Waals surface area contributed by atoms with Gasteiger partial charge in [0.05, 0.1) is 0 Å². The first-order valence-corrected chi connectivity index (χ1v) is 4.39. The summed E-state index contributed by atoms with van der Waals surface area (Å²) >= 11 is 0. The number of rotatable bonds is 3. The van der Waals surface area contributed by atoms with Gasteiger partial charge in [-0.3, -0.25) is 0 Å². The fourth-order valence-corrected chi connectivity index (χ4v) is 1.27. The fraction of sp³-hybridized carbons (Fsp3) is 0.875. The minimum atomic E-state index is 0.256. The van der Waals surface area contributed by atoms with Gasteiger partial charge in [0.15, 0.2) is 0 Å². The molecule has 0 aromatic carbocycles. The third-order valence-electron chi connectivity index (χ3n) is 1.95. The summed E-state index contributed by atoms with van der Waals surface area (Å²) in [6.45, 7) is 5.13. The Bertz CT molecular complexity index is 175. The van der Waals surface area contributed by atoms with Crippen LogP contribution in [0.5, 0.6) is 0 Å². The van der Waals surface area contributed by atoms with Crippen LogP contribution in [0.4, 0.5) is 0 Å². The molecule has 4 nitrogen and oxygen atoms in total. The number of nitrogens with two attached hydrogens (primary N) is 1. The highest BCUT2D eigenvalue weighted by Crippen LogP contribution is 2.27. The summed E-state index contributed by atoms with van der Waals surface area (Å²) in [5.74, 6) is 0.803. The lowest BCUT2D eigenvalue weighted by Crippen LogP contribution is -2.41. The number of nitrogens with zero attached hydrogens (tertiary/aromatic N) is 2. The van der Waals surface area contributed by atoms with Crippen LogP contribution < -0.4 is 5.73 Å². The lowest BCUT2D eigenvalue weighted by Gasteiger charge is -2.23. The Kier molecular flexibility index (Phi) is 2.78. The zero-order valence-electron chi connectivity index (χ0n) is 7.70. The van der Waals surface area contributed by atoms with Gasteiger partial charge >= 0.3 is 0 Å². The molecule has 0 amide bonds. The number of oxime groups is 1. The highest BCUT2D eigenvalue weighted by molar-refractivity contribution is 5.78. The molecule has 0 saturated heterocycles. The van der Waals surface area contributed by atoms with E-state index in [0.29, 0.717) is 12.0 Å². The maximum Gasteiger partial charge on any atom is 0.233 e. The largest absolute Gasteiger partial charge is 0.408 e. The van der Waals surface area contributed by atoms with Crippen LogP contribution in [0.2, 0.25) is 0 Å². The van der Waals surface area contributed by atoms with Crippen LogP contribution in [0, 0.1) is 5.92 Å². The molecule has 0 aromatic heterocycles. The van der Waals surface area contributed by atoms with Crippen molar-refractivity contribution in [1.29, 1.82) is 0 Å². The van der Waals surface area contributed by atoms with Crippen LogP contribution in [0.1, 0.15) is 26.7 Å². The standard InChI is InChI=1S/C8H17N3O/c1-6(2)5-11(7-3-4-7)8(9)10-12/h6-7,12H,3-5H2,1-2H3,(H2,9,10). The van der Waals surface area contributed by atoms with Crippen molar-refractivity contribution in [1.82, 2.24) is 4.90 Å². The molecular formula is C8H17N3O. The number of hydrogen-bond donors (Lipinski definition) is 2. The summed E-state index contributed by atoms with van der Waals surface area (Å²) in [5.41, 5.74) is 5.53. The van der Waals surface area contributed by atoms with Crippen molar-refractivity contribution in [3.8, 4) is 0 Å². The fourth-order valence-electron chi connectivity index (χ4n) is 1.27. The minimum Gasteiger partial charge on any atom is -0.408 e. The van der Waals surface area contributed by atoms with E-state index in [2.05, 4.69) is 19.0 Å². The van der Waals surface area contributed by atoms with E-state index in [-0.39, 0.29) is 5.96 Å². The SMILES string of the molecule is CC(C)CN(C(N)=NO)C1CC1. The van der Waals surface area contributed by atoms with Crippen molar-refractivity contribution in [3.05, 3.63) is 0 Å². The molecule has 1 saturated carbocycles.